The summed E-state index contributed by atoms with van der Waals surface area (Å²) in [5.41, 5.74) is 1.89. The van der Waals surface area contributed by atoms with Crippen LogP contribution in [-0.4, -0.2) is 47.4 Å². The number of pyridine rings is 1. The third kappa shape index (κ3) is 4.69. The molecule has 1 amide bonds. The summed E-state index contributed by atoms with van der Waals surface area (Å²) in [6.45, 7) is 3.89. The van der Waals surface area contributed by atoms with Crippen molar-refractivity contribution in [3.05, 3.63) is 65.5 Å². The van der Waals surface area contributed by atoms with Gasteiger partial charge in [-0.1, -0.05) is 6.07 Å². The van der Waals surface area contributed by atoms with E-state index in [-0.39, 0.29) is 11.9 Å². The number of likely N-dealkylation sites (N-methyl/N-ethyl adjacent to an activating group) is 1. The lowest BCUT2D eigenvalue weighted by molar-refractivity contribution is -0.133. The van der Waals surface area contributed by atoms with Gasteiger partial charge in [0, 0.05) is 19.4 Å². The summed E-state index contributed by atoms with van der Waals surface area (Å²) in [5.74, 6) is -1.27. The Morgan fingerprint density at radius 3 is 2.48 bits per heavy atom. The highest BCUT2D eigenvalue weighted by molar-refractivity contribution is 5.78. The fraction of sp³-hybridized carbons (Fsp3) is 0.429. The fourth-order valence-corrected chi connectivity index (χ4v) is 3.57. The van der Waals surface area contributed by atoms with Crippen LogP contribution in [0.15, 0.2) is 42.7 Å². The number of carbonyl (C=O) groups is 1. The number of nitrogens with zero attached hydrogens (tertiary/aromatic N) is 3. The topological polar surface area (TPSA) is 36.4 Å². The Hall–Kier alpha value is -2.34. The van der Waals surface area contributed by atoms with Crippen molar-refractivity contribution in [3.63, 3.8) is 0 Å². The SMILES string of the molecule is CC(c1ccc(F)c(F)c1)N(C)C(=O)CN1CCC(c2ccncc2)CC1. The molecule has 1 atom stereocenters. The van der Waals surface area contributed by atoms with Gasteiger partial charge in [-0.3, -0.25) is 14.7 Å². The van der Waals surface area contributed by atoms with E-state index in [9.17, 15) is 13.6 Å². The Kier molecular flexibility index (Phi) is 6.16. The number of piperidine rings is 1. The van der Waals surface area contributed by atoms with Crippen molar-refractivity contribution in [2.24, 2.45) is 0 Å². The minimum atomic E-state index is -0.890. The van der Waals surface area contributed by atoms with Crippen molar-refractivity contribution >= 4 is 5.91 Å². The summed E-state index contributed by atoms with van der Waals surface area (Å²) < 4.78 is 26.6. The van der Waals surface area contributed by atoms with E-state index in [0.29, 0.717) is 18.0 Å². The van der Waals surface area contributed by atoms with Gasteiger partial charge < -0.3 is 4.90 Å². The Morgan fingerprint density at radius 2 is 1.85 bits per heavy atom. The van der Waals surface area contributed by atoms with Crippen LogP contribution < -0.4 is 0 Å². The molecule has 27 heavy (non-hydrogen) atoms. The number of hydrogen-bond donors (Lipinski definition) is 0. The van der Waals surface area contributed by atoms with Crippen LogP contribution in [0.3, 0.4) is 0 Å². The summed E-state index contributed by atoms with van der Waals surface area (Å²) in [5, 5.41) is 0. The average Bonchev–Trinajstić information content (AvgIpc) is 2.70. The van der Waals surface area contributed by atoms with Crippen LogP contribution in [0.4, 0.5) is 8.78 Å². The first-order valence-corrected chi connectivity index (χ1v) is 9.28. The molecule has 3 rings (SSSR count). The van der Waals surface area contributed by atoms with Crippen LogP contribution in [-0.2, 0) is 4.79 Å². The van der Waals surface area contributed by atoms with E-state index in [1.807, 2.05) is 19.3 Å². The molecule has 2 heterocycles. The first-order valence-electron chi connectivity index (χ1n) is 9.28. The summed E-state index contributed by atoms with van der Waals surface area (Å²) in [6, 6.07) is 7.58. The molecule has 0 radical (unpaired) electrons. The van der Waals surface area contributed by atoms with Crippen LogP contribution in [0, 0.1) is 11.6 Å². The van der Waals surface area contributed by atoms with Crippen molar-refractivity contribution in [1.82, 2.24) is 14.8 Å². The molecule has 144 valence electrons. The minimum absolute atomic E-state index is 0.0189. The minimum Gasteiger partial charge on any atom is -0.338 e. The molecule has 0 bridgehead atoms. The number of benzene rings is 1. The number of halogens is 2. The Morgan fingerprint density at radius 1 is 1.19 bits per heavy atom. The predicted octanol–water partition coefficient (Wildman–Crippen LogP) is 3.76. The molecule has 6 heteroatoms. The predicted molar refractivity (Wildman–Crippen MR) is 100 cm³/mol. The number of hydrogen-bond acceptors (Lipinski definition) is 3. The first-order chi connectivity index (χ1) is 13.0. The van der Waals surface area contributed by atoms with Crippen LogP contribution >= 0.6 is 0 Å². The lowest BCUT2D eigenvalue weighted by atomic mass is 9.90. The highest BCUT2D eigenvalue weighted by atomic mass is 19.2. The molecular formula is C21H25F2N3O. The molecule has 1 aromatic heterocycles. The molecule has 0 aliphatic carbocycles. The Bertz CT molecular complexity index is 776. The van der Waals surface area contributed by atoms with Gasteiger partial charge in [0.2, 0.25) is 5.91 Å². The van der Waals surface area contributed by atoms with Gasteiger partial charge in [-0.25, -0.2) is 8.78 Å². The van der Waals surface area contributed by atoms with Gasteiger partial charge in [-0.15, -0.1) is 0 Å². The fourth-order valence-electron chi connectivity index (χ4n) is 3.57. The molecule has 2 aromatic rings. The van der Waals surface area contributed by atoms with Gasteiger partial charge in [-0.05, 0) is 74.2 Å². The zero-order valence-corrected chi connectivity index (χ0v) is 15.7. The van der Waals surface area contributed by atoms with Crippen molar-refractivity contribution in [3.8, 4) is 0 Å². The van der Waals surface area contributed by atoms with Crippen LogP contribution in [0.1, 0.15) is 42.9 Å². The van der Waals surface area contributed by atoms with Gasteiger partial charge in [0.1, 0.15) is 0 Å². The summed E-state index contributed by atoms with van der Waals surface area (Å²) in [7, 11) is 1.71. The Labute approximate surface area is 158 Å². The maximum absolute atomic E-state index is 13.5. The van der Waals surface area contributed by atoms with E-state index >= 15 is 0 Å². The number of aromatic nitrogens is 1. The first kappa shape index (κ1) is 19.4. The molecule has 0 N–H and O–H groups in total. The zero-order valence-electron chi connectivity index (χ0n) is 15.7. The van der Waals surface area contributed by atoms with Crippen LogP contribution in [0.2, 0.25) is 0 Å². The molecule has 0 spiro atoms. The van der Waals surface area contributed by atoms with Gasteiger partial charge in [0.05, 0.1) is 12.6 Å². The van der Waals surface area contributed by atoms with Gasteiger partial charge >= 0.3 is 0 Å². The van der Waals surface area contributed by atoms with E-state index in [1.165, 1.54) is 11.6 Å². The Balaban J connectivity index is 1.53. The van der Waals surface area contributed by atoms with Gasteiger partial charge in [-0.2, -0.15) is 0 Å². The molecule has 1 fully saturated rings. The van der Waals surface area contributed by atoms with E-state index in [4.69, 9.17) is 0 Å². The quantitative estimate of drug-likeness (QED) is 0.801. The standard InChI is InChI=1S/C21H25F2N3O/c1-15(18-3-4-19(22)20(23)13-18)25(2)21(27)14-26-11-7-17(8-12-26)16-5-9-24-10-6-16/h3-6,9-10,13,15,17H,7-8,11-12,14H2,1-2H3. The normalized spacial score (nSPS) is 16.9. The molecule has 4 nitrogen and oxygen atoms in total. The van der Waals surface area contributed by atoms with Crippen molar-refractivity contribution in [2.45, 2.75) is 31.7 Å². The second kappa shape index (κ2) is 8.57. The van der Waals surface area contributed by atoms with E-state index in [1.54, 1.807) is 11.9 Å². The van der Waals surface area contributed by atoms with Gasteiger partial charge in [0.25, 0.3) is 0 Å². The highest BCUT2D eigenvalue weighted by Crippen LogP contribution is 2.28. The third-order valence-corrected chi connectivity index (χ3v) is 5.52. The summed E-state index contributed by atoms with van der Waals surface area (Å²) in [4.78, 5) is 20.5. The molecule has 0 saturated carbocycles. The number of rotatable bonds is 5. The van der Waals surface area contributed by atoms with Crippen molar-refractivity contribution < 1.29 is 13.6 Å². The molecule has 1 saturated heterocycles. The van der Waals surface area contributed by atoms with E-state index in [0.717, 1.165) is 38.1 Å². The monoisotopic (exact) mass is 373 g/mol. The third-order valence-electron chi connectivity index (χ3n) is 5.52. The summed E-state index contributed by atoms with van der Waals surface area (Å²) >= 11 is 0. The smallest absolute Gasteiger partial charge is 0.236 e. The average molecular weight is 373 g/mol. The van der Waals surface area contributed by atoms with E-state index < -0.39 is 11.6 Å². The molecule has 1 aliphatic rings. The lowest BCUT2D eigenvalue weighted by Crippen LogP contribution is -2.42. The van der Waals surface area contributed by atoms with Crippen LogP contribution in [0.25, 0.3) is 0 Å². The second-order valence-corrected chi connectivity index (χ2v) is 7.19. The maximum atomic E-state index is 13.5. The molecule has 1 aliphatic heterocycles. The highest BCUT2D eigenvalue weighted by Gasteiger charge is 2.25. The van der Waals surface area contributed by atoms with Crippen molar-refractivity contribution in [1.29, 1.82) is 0 Å². The number of carbonyl (C=O) groups excluding carboxylic acids is 1. The summed E-state index contributed by atoms with van der Waals surface area (Å²) in [6.07, 6.45) is 5.67. The largest absolute Gasteiger partial charge is 0.338 e. The molecule has 1 aromatic carbocycles. The number of amides is 1. The molecule has 1 unspecified atom stereocenters. The van der Waals surface area contributed by atoms with Crippen LogP contribution in [0.5, 0.6) is 0 Å². The van der Waals surface area contributed by atoms with E-state index in [2.05, 4.69) is 22.0 Å². The lowest BCUT2D eigenvalue weighted by Gasteiger charge is -2.34. The second-order valence-electron chi connectivity index (χ2n) is 7.19. The van der Waals surface area contributed by atoms with Gasteiger partial charge in [0.15, 0.2) is 11.6 Å². The number of likely N-dealkylation sites (tertiary alicyclic amines) is 1. The zero-order chi connectivity index (χ0) is 19.4. The van der Waals surface area contributed by atoms with Crippen molar-refractivity contribution in [2.75, 3.05) is 26.7 Å². The molecular weight excluding hydrogens is 348 g/mol. The maximum Gasteiger partial charge on any atom is 0.236 e.